The zero-order valence-electron chi connectivity index (χ0n) is 12.5. The fourth-order valence-electron chi connectivity index (χ4n) is 1.98. The minimum Gasteiger partial charge on any atom is -0.497 e. The Morgan fingerprint density at radius 2 is 2.05 bits per heavy atom. The van der Waals surface area contributed by atoms with Crippen molar-refractivity contribution in [2.24, 2.45) is 0 Å². The summed E-state index contributed by atoms with van der Waals surface area (Å²) >= 11 is 0. The lowest BCUT2D eigenvalue weighted by atomic mass is 10.0. The Morgan fingerprint density at radius 3 is 2.67 bits per heavy atom. The molecular formula is C15H23NO5. The molecular weight excluding hydrogens is 274 g/mol. The van der Waals surface area contributed by atoms with E-state index in [1.54, 1.807) is 32.4 Å². The van der Waals surface area contributed by atoms with E-state index in [0.29, 0.717) is 43.0 Å². The van der Waals surface area contributed by atoms with E-state index in [1.165, 1.54) is 0 Å². The van der Waals surface area contributed by atoms with E-state index < -0.39 is 12.1 Å². The number of methoxy groups -OCH3 is 2. The van der Waals surface area contributed by atoms with Crippen LogP contribution in [-0.2, 0) is 4.79 Å². The van der Waals surface area contributed by atoms with Crippen molar-refractivity contribution in [3.05, 3.63) is 23.8 Å². The summed E-state index contributed by atoms with van der Waals surface area (Å²) in [7, 11) is 3.13. The van der Waals surface area contributed by atoms with E-state index >= 15 is 0 Å². The van der Waals surface area contributed by atoms with Gasteiger partial charge in [0.2, 0.25) is 0 Å². The van der Waals surface area contributed by atoms with Crippen molar-refractivity contribution >= 4 is 5.97 Å². The van der Waals surface area contributed by atoms with Gasteiger partial charge in [-0.15, -0.1) is 0 Å². The highest BCUT2D eigenvalue weighted by molar-refractivity contribution is 5.66. The average molecular weight is 297 g/mol. The van der Waals surface area contributed by atoms with Gasteiger partial charge in [0, 0.05) is 12.0 Å². The third-order valence-corrected chi connectivity index (χ3v) is 3.13. The van der Waals surface area contributed by atoms with E-state index in [1.807, 2.05) is 0 Å². The maximum atomic E-state index is 10.4. The highest BCUT2D eigenvalue weighted by Gasteiger charge is 2.14. The maximum Gasteiger partial charge on any atom is 0.303 e. The van der Waals surface area contributed by atoms with Crippen LogP contribution in [0.25, 0.3) is 0 Å². The largest absolute Gasteiger partial charge is 0.497 e. The number of carboxylic acids is 1. The number of hydrogen-bond acceptors (Lipinski definition) is 5. The first kappa shape index (κ1) is 17.3. The van der Waals surface area contributed by atoms with Gasteiger partial charge in [-0.1, -0.05) is 0 Å². The molecule has 0 saturated heterocycles. The number of ether oxygens (including phenoxy) is 2. The first-order valence-electron chi connectivity index (χ1n) is 6.91. The number of aliphatic hydroxyl groups is 1. The van der Waals surface area contributed by atoms with Crippen molar-refractivity contribution in [1.82, 2.24) is 5.32 Å². The molecule has 0 spiro atoms. The zero-order valence-corrected chi connectivity index (χ0v) is 12.5. The molecule has 1 atom stereocenters. The molecule has 0 aliphatic carbocycles. The lowest BCUT2D eigenvalue weighted by Gasteiger charge is -2.16. The van der Waals surface area contributed by atoms with Crippen LogP contribution in [0.5, 0.6) is 11.5 Å². The van der Waals surface area contributed by atoms with E-state index in [4.69, 9.17) is 14.6 Å². The molecule has 0 bridgehead atoms. The molecule has 6 heteroatoms. The van der Waals surface area contributed by atoms with E-state index in [9.17, 15) is 9.90 Å². The summed E-state index contributed by atoms with van der Waals surface area (Å²) in [6.45, 7) is 1.22. The quantitative estimate of drug-likeness (QED) is 0.568. The summed E-state index contributed by atoms with van der Waals surface area (Å²) in [5.41, 5.74) is 0.684. The van der Waals surface area contributed by atoms with Crippen molar-refractivity contribution in [1.29, 1.82) is 0 Å². The molecule has 6 nitrogen and oxygen atoms in total. The second-order valence-corrected chi connectivity index (χ2v) is 4.66. The smallest absolute Gasteiger partial charge is 0.303 e. The van der Waals surface area contributed by atoms with Crippen LogP contribution in [0.4, 0.5) is 0 Å². The van der Waals surface area contributed by atoms with E-state index in [2.05, 4.69) is 5.32 Å². The Bertz CT molecular complexity index is 450. The van der Waals surface area contributed by atoms with Crippen molar-refractivity contribution in [2.45, 2.75) is 25.4 Å². The first-order chi connectivity index (χ1) is 10.1. The summed E-state index contributed by atoms with van der Waals surface area (Å²) in [5, 5.41) is 21.9. The van der Waals surface area contributed by atoms with Crippen LogP contribution in [0.3, 0.4) is 0 Å². The van der Waals surface area contributed by atoms with Crippen LogP contribution in [0.2, 0.25) is 0 Å². The Balaban J connectivity index is 2.44. The monoisotopic (exact) mass is 297 g/mol. The fraction of sp³-hybridized carbons (Fsp3) is 0.533. The van der Waals surface area contributed by atoms with Crippen molar-refractivity contribution < 1.29 is 24.5 Å². The molecule has 1 aromatic rings. The number of aliphatic carboxylic acids is 1. The minimum absolute atomic E-state index is 0.152. The molecule has 1 rings (SSSR count). The Morgan fingerprint density at radius 1 is 1.29 bits per heavy atom. The summed E-state index contributed by atoms with van der Waals surface area (Å²) in [4.78, 5) is 10.4. The van der Waals surface area contributed by atoms with Gasteiger partial charge in [-0.25, -0.2) is 0 Å². The van der Waals surface area contributed by atoms with Crippen molar-refractivity contribution in [3.63, 3.8) is 0 Å². The maximum absolute atomic E-state index is 10.4. The van der Waals surface area contributed by atoms with Gasteiger partial charge in [0.15, 0.2) is 0 Å². The summed E-state index contributed by atoms with van der Waals surface area (Å²) < 4.78 is 10.4. The summed E-state index contributed by atoms with van der Waals surface area (Å²) in [5.74, 6) is 0.492. The third-order valence-electron chi connectivity index (χ3n) is 3.13. The SMILES string of the molecule is COc1ccc(OC)c(C(O)CCNCCCC(=O)O)c1. The minimum atomic E-state index is -0.794. The van der Waals surface area contributed by atoms with E-state index in [0.717, 1.165) is 0 Å². The van der Waals surface area contributed by atoms with Gasteiger partial charge in [0.05, 0.1) is 20.3 Å². The van der Waals surface area contributed by atoms with Crippen molar-refractivity contribution in [2.75, 3.05) is 27.3 Å². The number of hydrogen-bond donors (Lipinski definition) is 3. The number of rotatable bonds is 10. The predicted molar refractivity (Wildman–Crippen MR) is 78.9 cm³/mol. The molecule has 0 heterocycles. The number of benzene rings is 1. The average Bonchev–Trinajstić information content (AvgIpc) is 2.49. The molecule has 3 N–H and O–H groups in total. The van der Waals surface area contributed by atoms with Crippen LogP contribution < -0.4 is 14.8 Å². The summed E-state index contributed by atoms with van der Waals surface area (Å²) in [6, 6.07) is 5.30. The Hall–Kier alpha value is -1.79. The number of carboxylic acid groups (broad SMARTS) is 1. The molecule has 0 aliphatic rings. The van der Waals surface area contributed by atoms with Crippen LogP contribution in [0.15, 0.2) is 18.2 Å². The van der Waals surface area contributed by atoms with E-state index in [-0.39, 0.29) is 6.42 Å². The van der Waals surface area contributed by atoms with Crippen LogP contribution in [0, 0.1) is 0 Å². The van der Waals surface area contributed by atoms with Gasteiger partial charge in [-0.3, -0.25) is 4.79 Å². The molecule has 0 fully saturated rings. The second kappa shape index (κ2) is 9.20. The number of aliphatic hydroxyl groups excluding tert-OH is 1. The molecule has 0 radical (unpaired) electrons. The third kappa shape index (κ3) is 6.01. The van der Waals surface area contributed by atoms with Gasteiger partial charge in [-0.2, -0.15) is 0 Å². The van der Waals surface area contributed by atoms with Gasteiger partial charge >= 0.3 is 5.97 Å². The summed E-state index contributed by atoms with van der Waals surface area (Å²) in [6.07, 6.45) is 0.575. The van der Waals surface area contributed by atoms with Crippen LogP contribution >= 0.6 is 0 Å². The molecule has 1 unspecified atom stereocenters. The van der Waals surface area contributed by atoms with Gasteiger partial charge in [0.25, 0.3) is 0 Å². The van der Waals surface area contributed by atoms with Gasteiger partial charge in [0.1, 0.15) is 11.5 Å². The van der Waals surface area contributed by atoms with Gasteiger partial charge < -0.3 is 25.0 Å². The molecule has 0 amide bonds. The fourth-order valence-corrected chi connectivity index (χ4v) is 1.98. The Labute approximate surface area is 124 Å². The topological polar surface area (TPSA) is 88.0 Å². The molecule has 0 aliphatic heterocycles. The molecule has 0 saturated carbocycles. The van der Waals surface area contributed by atoms with Gasteiger partial charge in [-0.05, 0) is 44.1 Å². The second-order valence-electron chi connectivity index (χ2n) is 4.66. The Kier molecular flexibility index (Phi) is 7.56. The zero-order chi connectivity index (χ0) is 15.7. The lowest BCUT2D eigenvalue weighted by molar-refractivity contribution is -0.137. The molecule has 21 heavy (non-hydrogen) atoms. The first-order valence-corrected chi connectivity index (χ1v) is 6.91. The highest BCUT2D eigenvalue weighted by atomic mass is 16.5. The normalized spacial score (nSPS) is 12.0. The molecule has 0 aromatic heterocycles. The molecule has 1 aromatic carbocycles. The standard InChI is InChI=1S/C15H23NO5/c1-20-11-5-6-14(21-2)12(10-11)13(17)7-9-16-8-3-4-15(18)19/h5-6,10,13,16-17H,3-4,7-9H2,1-2H3,(H,18,19). The molecule has 118 valence electrons. The van der Waals surface area contributed by atoms with Crippen LogP contribution in [-0.4, -0.2) is 43.5 Å². The lowest BCUT2D eigenvalue weighted by Crippen LogP contribution is -2.19. The number of carbonyl (C=O) groups is 1. The van der Waals surface area contributed by atoms with Crippen molar-refractivity contribution in [3.8, 4) is 11.5 Å². The highest BCUT2D eigenvalue weighted by Crippen LogP contribution is 2.30. The predicted octanol–water partition coefficient (Wildman–Crippen LogP) is 1.58. The number of nitrogens with one attached hydrogen (secondary N) is 1. The van der Waals surface area contributed by atoms with Crippen LogP contribution in [0.1, 0.15) is 30.9 Å².